The quantitative estimate of drug-likeness (QED) is 0.287. The Labute approximate surface area is 167 Å². The third-order valence-electron chi connectivity index (χ3n) is 4.33. The predicted octanol–water partition coefficient (Wildman–Crippen LogP) is 4.86. The number of ether oxygens (including phenoxy) is 3. The van der Waals surface area contributed by atoms with Crippen LogP contribution in [0, 0.1) is 0 Å². The van der Waals surface area contributed by atoms with Gasteiger partial charge in [-0.3, -0.25) is 14.4 Å². The standard InChI is InChI=1S/C22H32O6/c1-5-6-7-8-9-13-16-21(20-14-11-10-12-15-20)22(26-17(2)23,27-18(3)24)28-19(4)25/h10-12,14-15,21H,5-9,13,16H2,1-4H3. The van der Waals surface area contributed by atoms with Crippen LogP contribution in [-0.4, -0.2) is 23.9 Å². The topological polar surface area (TPSA) is 78.9 Å². The molecule has 0 aliphatic heterocycles. The summed E-state index contributed by atoms with van der Waals surface area (Å²) in [7, 11) is 0. The lowest BCUT2D eigenvalue weighted by molar-refractivity contribution is -0.339. The van der Waals surface area contributed by atoms with Gasteiger partial charge in [-0.25, -0.2) is 0 Å². The average Bonchev–Trinajstić information content (AvgIpc) is 2.59. The molecule has 1 atom stereocenters. The van der Waals surface area contributed by atoms with E-state index in [0.29, 0.717) is 6.42 Å². The number of rotatable bonds is 12. The first-order chi connectivity index (χ1) is 13.3. The van der Waals surface area contributed by atoms with Gasteiger partial charge >= 0.3 is 23.9 Å². The molecule has 0 spiro atoms. The van der Waals surface area contributed by atoms with Crippen LogP contribution >= 0.6 is 0 Å². The molecule has 0 aromatic heterocycles. The number of carbonyl (C=O) groups is 3. The minimum atomic E-state index is -2.12. The first-order valence-corrected chi connectivity index (χ1v) is 9.94. The third kappa shape index (κ3) is 8.11. The van der Waals surface area contributed by atoms with E-state index < -0.39 is 29.8 Å². The number of benzene rings is 1. The van der Waals surface area contributed by atoms with Crippen LogP contribution in [0.15, 0.2) is 30.3 Å². The van der Waals surface area contributed by atoms with Crippen molar-refractivity contribution >= 4 is 17.9 Å². The smallest absolute Gasteiger partial charge is 0.388 e. The lowest BCUT2D eigenvalue weighted by Gasteiger charge is -2.36. The molecular weight excluding hydrogens is 360 g/mol. The Morgan fingerprint density at radius 2 is 1.25 bits per heavy atom. The van der Waals surface area contributed by atoms with E-state index in [1.54, 1.807) is 0 Å². The van der Waals surface area contributed by atoms with Gasteiger partial charge in [-0.15, -0.1) is 0 Å². The molecule has 0 bridgehead atoms. The lowest BCUT2D eigenvalue weighted by Crippen LogP contribution is -2.48. The first kappa shape index (κ1) is 23.7. The lowest BCUT2D eigenvalue weighted by atomic mass is 9.90. The number of hydrogen-bond donors (Lipinski definition) is 0. The molecule has 0 aliphatic rings. The molecule has 0 aliphatic carbocycles. The fraction of sp³-hybridized carbons (Fsp3) is 0.591. The highest BCUT2D eigenvalue weighted by Gasteiger charge is 2.50. The molecule has 1 unspecified atom stereocenters. The molecule has 156 valence electrons. The van der Waals surface area contributed by atoms with Gasteiger partial charge < -0.3 is 14.2 Å². The second-order valence-electron chi connectivity index (χ2n) is 6.90. The minimum absolute atomic E-state index is 0.532. The molecule has 28 heavy (non-hydrogen) atoms. The predicted molar refractivity (Wildman–Crippen MR) is 105 cm³/mol. The maximum absolute atomic E-state index is 11.8. The third-order valence-corrected chi connectivity index (χ3v) is 4.33. The van der Waals surface area contributed by atoms with Crippen molar-refractivity contribution < 1.29 is 28.6 Å². The van der Waals surface area contributed by atoms with Crippen molar-refractivity contribution in [3.05, 3.63) is 35.9 Å². The summed E-state index contributed by atoms with van der Waals surface area (Å²) in [4.78, 5) is 35.4. The number of unbranched alkanes of at least 4 members (excludes halogenated alkanes) is 5. The van der Waals surface area contributed by atoms with E-state index in [4.69, 9.17) is 14.2 Å². The zero-order valence-electron chi connectivity index (χ0n) is 17.4. The number of carbonyl (C=O) groups excluding carboxylic acids is 3. The number of esters is 3. The Morgan fingerprint density at radius 3 is 1.71 bits per heavy atom. The molecule has 1 rings (SSSR count). The van der Waals surface area contributed by atoms with E-state index in [1.807, 2.05) is 30.3 Å². The minimum Gasteiger partial charge on any atom is -0.388 e. The molecule has 1 aromatic rings. The second-order valence-corrected chi connectivity index (χ2v) is 6.90. The van der Waals surface area contributed by atoms with Gasteiger partial charge in [0.1, 0.15) is 5.92 Å². The molecule has 0 fully saturated rings. The molecule has 0 saturated carbocycles. The van der Waals surface area contributed by atoms with E-state index >= 15 is 0 Å². The maximum Gasteiger partial charge on any atom is 0.430 e. The van der Waals surface area contributed by atoms with Crippen LogP contribution in [0.3, 0.4) is 0 Å². The molecule has 0 radical (unpaired) electrons. The molecule has 6 nitrogen and oxygen atoms in total. The van der Waals surface area contributed by atoms with Gasteiger partial charge in [0.25, 0.3) is 0 Å². The van der Waals surface area contributed by atoms with Gasteiger partial charge in [-0.2, -0.15) is 0 Å². The monoisotopic (exact) mass is 392 g/mol. The summed E-state index contributed by atoms with van der Waals surface area (Å²) in [5.74, 6) is -4.85. The Balaban J connectivity index is 3.18. The summed E-state index contributed by atoms with van der Waals surface area (Å²) < 4.78 is 16.0. The molecule has 6 heteroatoms. The summed E-state index contributed by atoms with van der Waals surface area (Å²) in [5.41, 5.74) is 0.764. The number of hydrogen-bond acceptors (Lipinski definition) is 6. The summed E-state index contributed by atoms with van der Waals surface area (Å²) in [6.07, 6.45) is 6.95. The average molecular weight is 392 g/mol. The molecular formula is C22H32O6. The van der Waals surface area contributed by atoms with Gasteiger partial charge in [0.15, 0.2) is 0 Å². The van der Waals surface area contributed by atoms with Crippen LogP contribution in [0.25, 0.3) is 0 Å². The highest BCUT2D eigenvalue weighted by Crippen LogP contribution is 2.39. The summed E-state index contributed by atoms with van der Waals surface area (Å²) in [6, 6.07) is 9.21. The Hall–Kier alpha value is -2.37. The highest BCUT2D eigenvalue weighted by atomic mass is 16.9. The van der Waals surface area contributed by atoms with Gasteiger partial charge in [0, 0.05) is 20.8 Å². The normalized spacial score (nSPS) is 12.1. The Bertz CT molecular complexity index is 584. The van der Waals surface area contributed by atoms with E-state index in [-0.39, 0.29) is 0 Å². The van der Waals surface area contributed by atoms with Crippen LogP contribution in [0.1, 0.15) is 84.1 Å². The van der Waals surface area contributed by atoms with Gasteiger partial charge in [0.05, 0.1) is 0 Å². The van der Waals surface area contributed by atoms with E-state index in [1.165, 1.54) is 33.6 Å². The fourth-order valence-corrected chi connectivity index (χ4v) is 3.24. The van der Waals surface area contributed by atoms with Crippen molar-refractivity contribution in [3.63, 3.8) is 0 Å². The van der Waals surface area contributed by atoms with Crippen molar-refractivity contribution in [3.8, 4) is 0 Å². The van der Waals surface area contributed by atoms with Crippen LogP contribution in [0.2, 0.25) is 0 Å². The van der Waals surface area contributed by atoms with Crippen LogP contribution < -0.4 is 0 Å². The zero-order chi connectivity index (χ0) is 21.0. The Kier molecular flexibility index (Phi) is 10.3. The van der Waals surface area contributed by atoms with Crippen molar-refractivity contribution in [2.24, 2.45) is 0 Å². The highest BCUT2D eigenvalue weighted by molar-refractivity contribution is 5.71. The summed E-state index contributed by atoms with van der Waals surface area (Å²) in [5, 5.41) is 0. The van der Waals surface area contributed by atoms with Crippen LogP contribution in [0.5, 0.6) is 0 Å². The first-order valence-electron chi connectivity index (χ1n) is 9.94. The van der Waals surface area contributed by atoms with Gasteiger partial charge in [0.2, 0.25) is 0 Å². The molecule has 0 amide bonds. The molecule has 1 aromatic carbocycles. The van der Waals surface area contributed by atoms with Crippen molar-refractivity contribution in [1.82, 2.24) is 0 Å². The zero-order valence-corrected chi connectivity index (χ0v) is 17.4. The van der Waals surface area contributed by atoms with Gasteiger partial charge in [-0.1, -0.05) is 75.8 Å². The van der Waals surface area contributed by atoms with Crippen LogP contribution in [0.4, 0.5) is 0 Å². The van der Waals surface area contributed by atoms with Crippen LogP contribution in [-0.2, 0) is 28.6 Å². The van der Waals surface area contributed by atoms with E-state index in [9.17, 15) is 14.4 Å². The van der Waals surface area contributed by atoms with Gasteiger partial charge in [-0.05, 0) is 12.0 Å². The largest absolute Gasteiger partial charge is 0.430 e. The van der Waals surface area contributed by atoms with E-state index in [2.05, 4.69) is 6.92 Å². The van der Waals surface area contributed by atoms with Crippen molar-refractivity contribution in [1.29, 1.82) is 0 Å². The molecule has 0 saturated heterocycles. The fourth-order valence-electron chi connectivity index (χ4n) is 3.24. The van der Waals surface area contributed by atoms with Crippen molar-refractivity contribution in [2.45, 2.75) is 84.5 Å². The molecule has 0 N–H and O–H groups in total. The Morgan fingerprint density at radius 1 is 0.786 bits per heavy atom. The summed E-state index contributed by atoms with van der Waals surface area (Å²) >= 11 is 0. The summed E-state index contributed by atoms with van der Waals surface area (Å²) in [6.45, 7) is 5.73. The maximum atomic E-state index is 11.8. The second kappa shape index (κ2) is 12.2. The van der Waals surface area contributed by atoms with Crippen molar-refractivity contribution in [2.75, 3.05) is 0 Å². The molecule has 0 heterocycles. The SMILES string of the molecule is CCCCCCCCC(c1ccccc1)C(OC(C)=O)(OC(C)=O)OC(C)=O. The van der Waals surface area contributed by atoms with E-state index in [0.717, 1.165) is 31.2 Å².